The van der Waals surface area contributed by atoms with E-state index < -0.39 is 0 Å². The van der Waals surface area contributed by atoms with E-state index in [0.717, 1.165) is 121 Å². The lowest BCUT2D eigenvalue weighted by Crippen LogP contribution is -2.31. The Morgan fingerprint density at radius 3 is 0.817 bits per heavy atom. The van der Waals surface area contributed by atoms with Gasteiger partial charge >= 0.3 is 0 Å². The molecule has 6 nitrogen and oxygen atoms in total. The van der Waals surface area contributed by atoms with Crippen molar-refractivity contribution in [1.82, 2.24) is 4.58 Å². The van der Waals surface area contributed by atoms with Crippen molar-refractivity contribution in [2.45, 2.75) is 113 Å². The summed E-state index contributed by atoms with van der Waals surface area (Å²) in [6, 6.07) is 37.0. The van der Waals surface area contributed by atoms with Crippen LogP contribution in [0.2, 0.25) is 0 Å². The standard InChI is InChI=1S/C54H77N6/c1-9-37-55(38-10-2)45-17-25-49(26-18-45)59(50-27-19-46(20-28-50)56(39-11-3)40-12-4)53-33-35-54(36-34-53)60(51-29-21-47(22-30-51)57(41-13-5)42-14-6)52-31-23-48(24-32-52)58(43-15-7)44-16-8/h17-36,53H,9-16,37-44H2,1-8H3/q+1. The molecule has 5 rings (SSSR count). The van der Waals surface area contributed by atoms with Gasteiger partial charge in [0.05, 0.1) is 6.04 Å². The first kappa shape index (κ1) is 46.1. The second-order valence-electron chi connectivity index (χ2n) is 16.4. The quantitative estimate of drug-likeness (QED) is 0.0619. The van der Waals surface area contributed by atoms with Crippen LogP contribution >= 0.6 is 0 Å². The van der Waals surface area contributed by atoms with E-state index in [1.807, 2.05) is 0 Å². The van der Waals surface area contributed by atoms with Crippen molar-refractivity contribution in [2.24, 2.45) is 0 Å². The molecule has 0 aromatic heterocycles. The lowest BCUT2D eigenvalue weighted by Gasteiger charge is -2.33. The van der Waals surface area contributed by atoms with Crippen LogP contribution in [0.15, 0.2) is 121 Å². The van der Waals surface area contributed by atoms with Crippen LogP contribution in [0.3, 0.4) is 0 Å². The molecule has 4 aromatic carbocycles. The van der Waals surface area contributed by atoms with Gasteiger partial charge in [0.1, 0.15) is 0 Å². The molecule has 1 aliphatic carbocycles. The van der Waals surface area contributed by atoms with Gasteiger partial charge in [0.25, 0.3) is 0 Å². The highest BCUT2D eigenvalue weighted by atomic mass is 15.2. The monoisotopic (exact) mass is 810 g/mol. The van der Waals surface area contributed by atoms with Crippen LogP contribution in [0.25, 0.3) is 0 Å². The summed E-state index contributed by atoms with van der Waals surface area (Å²) in [5.41, 5.74) is 11.0. The van der Waals surface area contributed by atoms with Gasteiger partial charge in [0.2, 0.25) is 17.1 Å². The van der Waals surface area contributed by atoms with Crippen molar-refractivity contribution in [3.63, 3.8) is 0 Å². The van der Waals surface area contributed by atoms with Crippen molar-refractivity contribution in [2.75, 3.05) is 76.9 Å². The molecule has 0 radical (unpaired) electrons. The topological polar surface area (TPSA) is 19.2 Å². The van der Waals surface area contributed by atoms with Gasteiger partial charge in [0, 0.05) is 123 Å². The number of allylic oxidation sites excluding steroid dienone is 2. The minimum absolute atomic E-state index is 0.0371. The van der Waals surface area contributed by atoms with E-state index in [0.29, 0.717) is 0 Å². The van der Waals surface area contributed by atoms with Crippen molar-refractivity contribution < 1.29 is 0 Å². The number of hydrogen-bond acceptors (Lipinski definition) is 5. The van der Waals surface area contributed by atoms with Gasteiger partial charge in [0.15, 0.2) is 0 Å². The van der Waals surface area contributed by atoms with Crippen LogP contribution in [-0.2, 0) is 0 Å². The molecule has 6 heteroatoms. The molecule has 0 N–H and O–H groups in total. The van der Waals surface area contributed by atoms with Crippen LogP contribution < -0.4 is 29.1 Å². The highest BCUT2D eigenvalue weighted by Crippen LogP contribution is 2.34. The maximum Gasteiger partial charge on any atom is 0.211 e. The van der Waals surface area contributed by atoms with E-state index in [1.54, 1.807) is 0 Å². The molecule has 0 aliphatic heterocycles. The average molecular weight is 810 g/mol. The first-order valence-corrected chi connectivity index (χ1v) is 23.7. The second kappa shape index (κ2) is 24.3. The zero-order valence-electron chi connectivity index (χ0n) is 38.6. The Morgan fingerprint density at radius 1 is 0.333 bits per heavy atom. The Balaban J connectivity index is 1.57. The minimum atomic E-state index is 0.0371. The van der Waals surface area contributed by atoms with Crippen molar-refractivity contribution in [3.05, 3.63) is 121 Å². The van der Waals surface area contributed by atoms with Crippen LogP contribution in [0.4, 0.5) is 45.5 Å². The molecule has 4 aromatic rings. The normalized spacial score (nSPS) is 13.4. The van der Waals surface area contributed by atoms with Crippen molar-refractivity contribution in [3.8, 4) is 0 Å². The van der Waals surface area contributed by atoms with Gasteiger partial charge < -0.3 is 24.5 Å². The van der Waals surface area contributed by atoms with Crippen molar-refractivity contribution >= 4 is 51.2 Å². The maximum absolute atomic E-state index is 2.52. The molecule has 0 saturated carbocycles. The van der Waals surface area contributed by atoms with Gasteiger partial charge in [-0.15, -0.1) is 0 Å². The molecule has 0 unspecified atom stereocenters. The molecule has 60 heavy (non-hydrogen) atoms. The molecule has 0 amide bonds. The number of rotatable bonds is 25. The SMILES string of the molecule is CCCN(CCC)c1ccc(N(c2ccc(N(CCC)CCC)cc2)C2C=CC(=[N+](c3ccc(N(CCC)CCC)cc3)c3ccc(N(CCC)CCC)cc3)C=C2)cc1. The number of hydrogen-bond donors (Lipinski definition) is 0. The summed E-state index contributed by atoms with van der Waals surface area (Å²) in [6.07, 6.45) is 18.5. The highest BCUT2D eigenvalue weighted by Gasteiger charge is 2.25. The minimum Gasteiger partial charge on any atom is -0.372 e. The molecule has 0 heterocycles. The molecule has 0 saturated heterocycles. The Labute approximate surface area is 365 Å². The zero-order chi connectivity index (χ0) is 42.7. The Morgan fingerprint density at radius 2 is 0.567 bits per heavy atom. The predicted molar refractivity (Wildman–Crippen MR) is 268 cm³/mol. The van der Waals surface area contributed by atoms with E-state index in [1.165, 1.54) is 34.1 Å². The summed E-state index contributed by atoms with van der Waals surface area (Å²) in [6.45, 7) is 26.7. The number of anilines is 6. The third kappa shape index (κ3) is 12.1. The summed E-state index contributed by atoms with van der Waals surface area (Å²) < 4.78 is 2.42. The van der Waals surface area contributed by atoms with Gasteiger partial charge in [-0.2, -0.15) is 4.58 Å². The first-order chi connectivity index (χ1) is 29.4. The Bertz CT molecular complexity index is 1750. The van der Waals surface area contributed by atoms with Crippen LogP contribution in [0.1, 0.15) is 107 Å². The second-order valence-corrected chi connectivity index (χ2v) is 16.4. The molecule has 0 spiro atoms. The van der Waals surface area contributed by atoms with Crippen LogP contribution in [0.5, 0.6) is 0 Å². The van der Waals surface area contributed by atoms with Gasteiger partial charge in [-0.1, -0.05) is 67.5 Å². The number of nitrogens with zero attached hydrogens (tertiary/aromatic N) is 6. The smallest absolute Gasteiger partial charge is 0.211 e. The average Bonchev–Trinajstić information content (AvgIpc) is 3.28. The number of benzene rings is 4. The van der Waals surface area contributed by atoms with Crippen molar-refractivity contribution in [1.29, 1.82) is 0 Å². The lowest BCUT2D eigenvalue weighted by atomic mass is 10.0. The fourth-order valence-corrected chi connectivity index (χ4v) is 8.69. The summed E-state index contributed by atoms with van der Waals surface area (Å²) >= 11 is 0. The Kier molecular flexibility index (Phi) is 18.7. The predicted octanol–water partition coefficient (Wildman–Crippen LogP) is 13.8. The third-order valence-corrected chi connectivity index (χ3v) is 11.4. The summed E-state index contributed by atoms with van der Waals surface area (Å²) in [5.74, 6) is 0. The molecular weight excluding hydrogens is 733 g/mol. The fraction of sp³-hybridized carbons (Fsp3) is 0.463. The van der Waals surface area contributed by atoms with E-state index >= 15 is 0 Å². The van der Waals surface area contributed by atoms with E-state index in [9.17, 15) is 0 Å². The molecule has 0 fully saturated rings. The maximum atomic E-state index is 2.52. The van der Waals surface area contributed by atoms with E-state index in [-0.39, 0.29) is 6.04 Å². The third-order valence-electron chi connectivity index (χ3n) is 11.4. The van der Waals surface area contributed by atoms with Gasteiger partial charge in [-0.3, -0.25) is 0 Å². The molecule has 322 valence electrons. The summed E-state index contributed by atoms with van der Waals surface area (Å²) in [7, 11) is 0. The zero-order valence-corrected chi connectivity index (χ0v) is 38.6. The summed E-state index contributed by atoms with van der Waals surface area (Å²) in [5, 5.41) is 0. The van der Waals surface area contributed by atoms with Gasteiger partial charge in [-0.05, 0) is 124 Å². The molecule has 0 atom stereocenters. The molecule has 1 aliphatic rings. The highest BCUT2D eigenvalue weighted by molar-refractivity contribution is 6.08. The first-order valence-electron chi connectivity index (χ1n) is 23.7. The van der Waals surface area contributed by atoms with Gasteiger partial charge in [-0.25, -0.2) is 0 Å². The lowest BCUT2D eigenvalue weighted by molar-refractivity contribution is 0.744. The van der Waals surface area contributed by atoms with Crippen LogP contribution in [-0.4, -0.2) is 64.1 Å². The molecule has 0 bridgehead atoms. The molecular formula is C54H77N6+. The van der Waals surface area contributed by atoms with E-state index in [4.69, 9.17) is 0 Å². The largest absolute Gasteiger partial charge is 0.372 e. The van der Waals surface area contributed by atoms with Crippen LogP contribution in [0, 0.1) is 0 Å². The van der Waals surface area contributed by atoms with E-state index in [2.05, 4.69) is 206 Å². The Hall–Kier alpha value is -4.97. The summed E-state index contributed by atoms with van der Waals surface area (Å²) in [4.78, 5) is 12.6. The fourth-order valence-electron chi connectivity index (χ4n) is 8.69.